The van der Waals surface area contributed by atoms with Crippen molar-refractivity contribution < 1.29 is 18.7 Å². The van der Waals surface area contributed by atoms with E-state index in [4.69, 9.17) is 10.00 Å². The number of hydrogen-bond donors (Lipinski definition) is 1. The summed E-state index contributed by atoms with van der Waals surface area (Å²) >= 11 is 1.22. The molecule has 5 nitrogen and oxygen atoms in total. The molecule has 1 saturated carbocycles. The van der Waals surface area contributed by atoms with Gasteiger partial charge in [0.1, 0.15) is 16.9 Å². The summed E-state index contributed by atoms with van der Waals surface area (Å²) in [4.78, 5) is 25.3. The molecule has 1 aromatic carbocycles. The van der Waals surface area contributed by atoms with Gasteiger partial charge in [0, 0.05) is 5.56 Å². The Morgan fingerprint density at radius 3 is 2.67 bits per heavy atom. The highest BCUT2D eigenvalue weighted by Gasteiger charge is 2.46. The van der Waals surface area contributed by atoms with Crippen LogP contribution in [-0.4, -0.2) is 18.0 Å². The van der Waals surface area contributed by atoms with Crippen molar-refractivity contribution in [1.82, 2.24) is 0 Å². The molecule has 3 rings (SSSR count). The van der Waals surface area contributed by atoms with E-state index >= 15 is 0 Å². The van der Waals surface area contributed by atoms with Crippen LogP contribution in [0.2, 0.25) is 0 Å². The number of amides is 1. The van der Waals surface area contributed by atoms with Gasteiger partial charge in [0.2, 0.25) is 0 Å². The van der Waals surface area contributed by atoms with E-state index in [1.807, 2.05) is 6.07 Å². The van der Waals surface area contributed by atoms with E-state index in [0.29, 0.717) is 29.0 Å². The van der Waals surface area contributed by atoms with Crippen LogP contribution < -0.4 is 5.32 Å². The summed E-state index contributed by atoms with van der Waals surface area (Å²) in [6.45, 7) is 1.47. The predicted octanol–water partition coefficient (Wildman–Crippen LogP) is 4.14. The number of benzene rings is 1. The number of thiophene rings is 1. The van der Waals surface area contributed by atoms with Crippen molar-refractivity contribution in [3.05, 3.63) is 52.7 Å². The molecule has 2 aromatic rings. The fourth-order valence-corrected chi connectivity index (χ4v) is 4.19. The van der Waals surface area contributed by atoms with Gasteiger partial charge in [0.25, 0.3) is 5.91 Å². The summed E-state index contributed by atoms with van der Waals surface area (Å²) < 4.78 is 19.8. The molecule has 27 heavy (non-hydrogen) atoms. The molecule has 140 valence electrons. The molecule has 1 N–H and O–H groups in total. The third-order valence-corrected chi connectivity index (χ3v) is 5.74. The van der Waals surface area contributed by atoms with Gasteiger partial charge in [-0.3, -0.25) is 9.59 Å². The number of nitrogens with zero attached hydrogens (tertiary/aromatic N) is 1. The second-order valence-electron chi connectivity index (χ2n) is 6.58. The monoisotopic (exact) mass is 386 g/mol. The van der Waals surface area contributed by atoms with Crippen molar-refractivity contribution in [2.24, 2.45) is 0 Å². The first kappa shape index (κ1) is 19.1. The highest BCUT2D eigenvalue weighted by molar-refractivity contribution is 7.14. The van der Waals surface area contributed by atoms with Crippen LogP contribution in [0.3, 0.4) is 0 Å². The first-order chi connectivity index (χ1) is 13.0. The Morgan fingerprint density at radius 2 is 2.00 bits per heavy atom. The molecule has 0 radical (unpaired) electrons. The smallest absolute Gasteiger partial charge is 0.317 e. The van der Waals surface area contributed by atoms with E-state index in [2.05, 4.69) is 5.32 Å². The van der Waals surface area contributed by atoms with Gasteiger partial charge in [0.15, 0.2) is 6.10 Å². The summed E-state index contributed by atoms with van der Waals surface area (Å²) in [6.07, 6.45) is 1.51. The first-order valence-corrected chi connectivity index (χ1v) is 9.60. The molecule has 1 fully saturated rings. The molecule has 1 aliphatic carbocycles. The third-order valence-electron chi connectivity index (χ3n) is 4.91. The Hall–Kier alpha value is -2.72. The molecule has 7 heteroatoms. The summed E-state index contributed by atoms with van der Waals surface area (Å²) in [7, 11) is 0. The summed E-state index contributed by atoms with van der Waals surface area (Å²) in [6, 6.07) is 9.80. The van der Waals surface area contributed by atoms with E-state index in [0.717, 1.165) is 12.8 Å². The van der Waals surface area contributed by atoms with Gasteiger partial charge >= 0.3 is 5.97 Å². The van der Waals surface area contributed by atoms with Gasteiger partial charge < -0.3 is 10.1 Å². The summed E-state index contributed by atoms with van der Waals surface area (Å²) in [5.41, 5.74) is -0.378. The lowest BCUT2D eigenvalue weighted by Gasteiger charge is -2.29. The second kappa shape index (κ2) is 7.89. The standard InChI is InChI=1S/C20H19FN2O3S/c1-13(17(24)23-18-14(12-22)8-11-27-18)26-19(25)20(9-4-5-10-20)15-6-2-3-7-16(15)21/h2-3,6-8,11,13H,4-5,9-10H2,1H3,(H,23,24)/t13-/m0/s1. The molecule has 1 heterocycles. The van der Waals surface area contributed by atoms with Crippen molar-refractivity contribution >= 4 is 28.2 Å². The maximum Gasteiger partial charge on any atom is 0.317 e. The van der Waals surface area contributed by atoms with Crippen LogP contribution in [0.5, 0.6) is 0 Å². The van der Waals surface area contributed by atoms with Crippen LogP contribution in [0, 0.1) is 17.1 Å². The van der Waals surface area contributed by atoms with Crippen molar-refractivity contribution in [3.63, 3.8) is 0 Å². The topological polar surface area (TPSA) is 79.2 Å². The quantitative estimate of drug-likeness (QED) is 0.783. The number of hydrogen-bond acceptors (Lipinski definition) is 5. The van der Waals surface area contributed by atoms with Gasteiger partial charge in [-0.25, -0.2) is 4.39 Å². The van der Waals surface area contributed by atoms with Gasteiger partial charge in [-0.05, 0) is 37.3 Å². The molecule has 0 bridgehead atoms. The minimum absolute atomic E-state index is 0.324. The lowest BCUT2D eigenvalue weighted by Crippen LogP contribution is -2.40. The normalized spacial score (nSPS) is 16.3. The lowest BCUT2D eigenvalue weighted by atomic mass is 9.78. The van der Waals surface area contributed by atoms with Crippen molar-refractivity contribution in [2.75, 3.05) is 5.32 Å². The molecular formula is C20H19FN2O3S. The van der Waals surface area contributed by atoms with Gasteiger partial charge in [-0.1, -0.05) is 31.0 Å². The Balaban J connectivity index is 1.75. The van der Waals surface area contributed by atoms with Crippen LogP contribution in [0.4, 0.5) is 9.39 Å². The molecule has 0 saturated heterocycles. The fraction of sp³-hybridized carbons (Fsp3) is 0.350. The number of rotatable bonds is 5. The minimum Gasteiger partial charge on any atom is -0.452 e. The number of ether oxygens (including phenoxy) is 1. The second-order valence-corrected chi connectivity index (χ2v) is 7.50. The molecular weight excluding hydrogens is 367 g/mol. The minimum atomic E-state index is -1.06. The van der Waals surface area contributed by atoms with Crippen LogP contribution >= 0.6 is 11.3 Å². The molecule has 0 aliphatic heterocycles. The molecule has 0 unspecified atom stereocenters. The number of nitriles is 1. The summed E-state index contributed by atoms with van der Waals surface area (Å²) in [5.74, 6) is -1.55. The van der Waals surface area contributed by atoms with Gasteiger partial charge in [0.05, 0.1) is 11.0 Å². The Labute approximate surface area is 160 Å². The number of halogens is 1. The largest absolute Gasteiger partial charge is 0.452 e. The highest BCUT2D eigenvalue weighted by atomic mass is 32.1. The molecule has 1 atom stereocenters. The number of anilines is 1. The lowest BCUT2D eigenvalue weighted by molar-refractivity contribution is -0.159. The molecule has 1 aliphatic rings. The van der Waals surface area contributed by atoms with Crippen LogP contribution in [0.25, 0.3) is 0 Å². The highest BCUT2D eigenvalue weighted by Crippen LogP contribution is 2.43. The van der Waals surface area contributed by atoms with Crippen LogP contribution in [0.15, 0.2) is 35.7 Å². The first-order valence-electron chi connectivity index (χ1n) is 8.72. The number of carbonyl (C=O) groups is 2. The van der Waals surface area contributed by atoms with Crippen molar-refractivity contribution in [3.8, 4) is 6.07 Å². The van der Waals surface area contributed by atoms with Gasteiger partial charge in [-0.2, -0.15) is 5.26 Å². The Kier molecular flexibility index (Phi) is 5.57. The van der Waals surface area contributed by atoms with E-state index in [-0.39, 0.29) is 0 Å². The van der Waals surface area contributed by atoms with E-state index in [1.165, 1.54) is 24.3 Å². The Morgan fingerprint density at radius 1 is 1.30 bits per heavy atom. The Bertz CT molecular complexity index is 897. The average Bonchev–Trinajstić information content (AvgIpc) is 3.31. The van der Waals surface area contributed by atoms with Crippen molar-refractivity contribution in [2.45, 2.75) is 44.1 Å². The van der Waals surface area contributed by atoms with E-state index in [9.17, 15) is 14.0 Å². The zero-order valence-electron chi connectivity index (χ0n) is 14.8. The molecule has 1 aromatic heterocycles. The van der Waals surface area contributed by atoms with Gasteiger partial charge in [-0.15, -0.1) is 11.3 Å². The van der Waals surface area contributed by atoms with Crippen molar-refractivity contribution in [1.29, 1.82) is 5.26 Å². The van der Waals surface area contributed by atoms with E-state index < -0.39 is 29.2 Å². The predicted molar refractivity (Wildman–Crippen MR) is 99.8 cm³/mol. The number of nitrogens with one attached hydrogen (secondary N) is 1. The average molecular weight is 386 g/mol. The fourth-order valence-electron chi connectivity index (χ4n) is 3.45. The maximum atomic E-state index is 14.4. The zero-order valence-corrected chi connectivity index (χ0v) is 15.6. The van der Waals surface area contributed by atoms with Crippen LogP contribution in [0.1, 0.15) is 43.7 Å². The maximum absolute atomic E-state index is 14.4. The molecule has 0 spiro atoms. The molecule has 1 amide bonds. The number of carbonyl (C=O) groups excluding carboxylic acids is 2. The summed E-state index contributed by atoms with van der Waals surface area (Å²) in [5, 5.41) is 13.7. The van der Waals surface area contributed by atoms with Crippen LogP contribution in [-0.2, 0) is 19.7 Å². The number of esters is 1. The zero-order chi connectivity index (χ0) is 19.4. The third kappa shape index (κ3) is 3.71. The van der Waals surface area contributed by atoms with E-state index in [1.54, 1.807) is 29.6 Å². The SMILES string of the molecule is C[C@H](OC(=O)C1(c2ccccc2F)CCCC1)C(=O)Nc1sccc1C#N.